The van der Waals surface area contributed by atoms with Gasteiger partial charge in [-0.15, -0.1) is 0 Å². The predicted molar refractivity (Wildman–Crippen MR) is 56.8 cm³/mol. The normalized spacial score (nSPS) is 42.8. The van der Waals surface area contributed by atoms with E-state index < -0.39 is 42.4 Å². The molecule has 0 aromatic carbocycles. The number of esters is 1. The highest BCUT2D eigenvalue weighted by atomic mass is 16.6. The summed E-state index contributed by atoms with van der Waals surface area (Å²) in [7, 11) is 1.20. The number of hydrogen-bond donors (Lipinski definition) is 4. The molecule has 0 amide bonds. The third-order valence-corrected chi connectivity index (χ3v) is 3.78. The second kappa shape index (κ2) is 4.51. The quantitative estimate of drug-likeness (QED) is 0.429. The molecule has 102 valence electrons. The van der Waals surface area contributed by atoms with Gasteiger partial charge in [-0.3, -0.25) is 0 Å². The number of aliphatic hydroxyl groups is 4. The first kappa shape index (κ1) is 13.3. The Labute approximate surface area is 103 Å². The molecule has 0 unspecified atom stereocenters. The van der Waals surface area contributed by atoms with Gasteiger partial charge < -0.3 is 29.9 Å². The van der Waals surface area contributed by atoms with E-state index in [0.29, 0.717) is 0 Å². The molecule has 1 fully saturated rings. The molecule has 7 nitrogen and oxygen atoms in total. The van der Waals surface area contributed by atoms with Gasteiger partial charge in [-0.25, -0.2) is 4.79 Å². The van der Waals surface area contributed by atoms with Gasteiger partial charge >= 0.3 is 5.97 Å². The van der Waals surface area contributed by atoms with Crippen molar-refractivity contribution in [2.24, 2.45) is 11.8 Å². The van der Waals surface area contributed by atoms with Crippen LogP contribution in [-0.4, -0.2) is 58.1 Å². The molecule has 2 rings (SSSR count). The fraction of sp³-hybridized carbons (Fsp3) is 0.727. The molecular formula is C11H16O7. The molecule has 2 aliphatic rings. The molecule has 1 aliphatic carbocycles. The van der Waals surface area contributed by atoms with Gasteiger partial charge in [0.1, 0.15) is 5.60 Å². The minimum absolute atomic E-state index is 0.0447. The van der Waals surface area contributed by atoms with Gasteiger partial charge in [0.05, 0.1) is 37.6 Å². The van der Waals surface area contributed by atoms with Crippen LogP contribution in [0.2, 0.25) is 0 Å². The maximum Gasteiger partial charge on any atom is 0.337 e. The van der Waals surface area contributed by atoms with Crippen molar-refractivity contribution in [1.29, 1.82) is 0 Å². The van der Waals surface area contributed by atoms with E-state index >= 15 is 0 Å². The van der Waals surface area contributed by atoms with E-state index in [1.807, 2.05) is 0 Å². The zero-order valence-corrected chi connectivity index (χ0v) is 9.81. The lowest BCUT2D eigenvalue weighted by atomic mass is 9.80. The van der Waals surface area contributed by atoms with Gasteiger partial charge in [-0.1, -0.05) is 0 Å². The van der Waals surface area contributed by atoms with E-state index in [2.05, 4.69) is 4.74 Å². The van der Waals surface area contributed by atoms with Crippen LogP contribution in [0.4, 0.5) is 0 Å². The van der Waals surface area contributed by atoms with Crippen molar-refractivity contribution in [2.45, 2.75) is 24.4 Å². The summed E-state index contributed by atoms with van der Waals surface area (Å²) < 4.78 is 9.46. The summed E-state index contributed by atoms with van der Waals surface area (Å²) in [4.78, 5) is 11.5. The molecule has 1 aliphatic heterocycles. The van der Waals surface area contributed by atoms with Gasteiger partial charge in [0.25, 0.3) is 0 Å². The lowest BCUT2D eigenvalue weighted by Gasteiger charge is -2.37. The SMILES string of the molecule is COC(=O)C1=CO[C@@H](O)[C@H]2[C@@H]1C[C@H](O)[C@@]2(O)CO. The smallest absolute Gasteiger partial charge is 0.337 e. The molecular weight excluding hydrogens is 244 g/mol. The Balaban J connectivity index is 2.37. The highest BCUT2D eigenvalue weighted by Crippen LogP contribution is 2.48. The van der Waals surface area contributed by atoms with Crippen LogP contribution in [0.1, 0.15) is 6.42 Å². The zero-order chi connectivity index (χ0) is 13.5. The Hall–Kier alpha value is -1.15. The summed E-state index contributed by atoms with van der Waals surface area (Å²) >= 11 is 0. The molecule has 0 aromatic heterocycles. The molecule has 7 heteroatoms. The van der Waals surface area contributed by atoms with Crippen LogP contribution in [0.5, 0.6) is 0 Å². The number of carbonyl (C=O) groups excluding carboxylic acids is 1. The molecule has 0 radical (unpaired) electrons. The zero-order valence-electron chi connectivity index (χ0n) is 9.81. The number of aliphatic hydroxyl groups excluding tert-OH is 3. The van der Waals surface area contributed by atoms with Gasteiger partial charge in [0.15, 0.2) is 0 Å². The van der Waals surface area contributed by atoms with Crippen molar-refractivity contribution in [3.63, 3.8) is 0 Å². The molecule has 1 heterocycles. The van der Waals surface area contributed by atoms with Gasteiger partial charge in [-0.2, -0.15) is 0 Å². The molecule has 5 atom stereocenters. The van der Waals surface area contributed by atoms with E-state index in [-0.39, 0.29) is 12.0 Å². The van der Waals surface area contributed by atoms with Crippen LogP contribution in [0.15, 0.2) is 11.8 Å². The van der Waals surface area contributed by atoms with E-state index in [1.165, 1.54) is 7.11 Å². The maximum atomic E-state index is 11.5. The topological polar surface area (TPSA) is 116 Å². The first-order valence-electron chi connectivity index (χ1n) is 5.59. The molecule has 0 saturated heterocycles. The fourth-order valence-corrected chi connectivity index (χ4v) is 2.77. The Kier molecular flexibility index (Phi) is 3.33. The van der Waals surface area contributed by atoms with E-state index in [1.54, 1.807) is 0 Å². The number of methoxy groups -OCH3 is 1. The van der Waals surface area contributed by atoms with E-state index in [4.69, 9.17) is 4.74 Å². The van der Waals surface area contributed by atoms with Crippen molar-refractivity contribution >= 4 is 5.97 Å². The summed E-state index contributed by atoms with van der Waals surface area (Å²) in [5.41, 5.74) is -1.76. The number of carbonyl (C=O) groups is 1. The molecule has 4 N–H and O–H groups in total. The second-order valence-electron chi connectivity index (χ2n) is 4.62. The van der Waals surface area contributed by atoms with Crippen molar-refractivity contribution < 1.29 is 34.7 Å². The number of hydrogen-bond acceptors (Lipinski definition) is 7. The van der Waals surface area contributed by atoms with Crippen molar-refractivity contribution in [2.75, 3.05) is 13.7 Å². The second-order valence-corrected chi connectivity index (χ2v) is 4.62. The van der Waals surface area contributed by atoms with Gasteiger partial charge in [0, 0.05) is 5.92 Å². The van der Waals surface area contributed by atoms with Gasteiger partial charge in [0.2, 0.25) is 6.29 Å². The third kappa shape index (κ3) is 1.71. The highest BCUT2D eigenvalue weighted by Gasteiger charge is 2.60. The van der Waals surface area contributed by atoms with Crippen LogP contribution in [0, 0.1) is 11.8 Å². The largest absolute Gasteiger partial charge is 0.472 e. The first-order chi connectivity index (χ1) is 8.45. The van der Waals surface area contributed by atoms with Crippen LogP contribution < -0.4 is 0 Å². The molecule has 1 saturated carbocycles. The highest BCUT2D eigenvalue weighted by molar-refractivity contribution is 5.89. The van der Waals surface area contributed by atoms with Crippen molar-refractivity contribution in [1.82, 2.24) is 0 Å². The number of fused-ring (bicyclic) bond motifs is 1. The Morgan fingerprint density at radius 1 is 1.61 bits per heavy atom. The van der Waals surface area contributed by atoms with Crippen LogP contribution in [0.3, 0.4) is 0 Å². The minimum Gasteiger partial charge on any atom is -0.472 e. The van der Waals surface area contributed by atoms with E-state index in [9.17, 15) is 25.2 Å². The summed E-state index contributed by atoms with van der Waals surface area (Å²) in [5.74, 6) is -2.24. The first-order valence-corrected chi connectivity index (χ1v) is 5.59. The third-order valence-electron chi connectivity index (χ3n) is 3.78. The predicted octanol–water partition coefficient (Wildman–Crippen LogP) is -1.89. The minimum atomic E-state index is -1.89. The lowest BCUT2D eigenvalue weighted by Crippen LogP contribution is -2.53. The van der Waals surface area contributed by atoms with Crippen LogP contribution in [0.25, 0.3) is 0 Å². The average molecular weight is 260 g/mol. The Morgan fingerprint density at radius 3 is 2.83 bits per heavy atom. The average Bonchev–Trinajstić information content (AvgIpc) is 2.63. The Morgan fingerprint density at radius 2 is 2.28 bits per heavy atom. The Bertz CT molecular complexity index is 380. The van der Waals surface area contributed by atoms with E-state index in [0.717, 1.165) is 6.26 Å². The monoisotopic (exact) mass is 260 g/mol. The van der Waals surface area contributed by atoms with Crippen molar-refractivity contribution in [3.8, 4) is 0 Å². The maximum absolute atomic E-state index is 11.5. The van der Waals surface area contributed by atoms with Crippen LogP contribution in [-0.2, 0) is 14.3 Å². The molecule has 0 bridgehead atoms. The summed E-state index contributed by atoms with van der Waals surface area (Å²) in [6.07, 6.45) is -1.52. The lowest BCUT2D eigenvalue weighted by molar-refractivity contribution is -0.196. The fourth-order valence-electron chi connectivity index (χ4n) is 2.77. The van der Waals surface area contributed by atoms with Gasteiger partial charge in [-0.05, 0) is 6.42 Å². The number of ether oxygens (including phenoxy) is 2. The van der Waals surface area contributed by atoms with Crippen molar-refractivity contribution in [3.05, 3.63) is 11.8 Å². The summed E-state index contributed by atoms with van der Waals surface area (Å²) in [6, 6.07) is 0. The van der Waals surface area contributed by atoms with Crippen LogP contribution >= 0.6 is 0 Å². The number of rotatable bonds is 2. The molecule has 0 aromatic rings. The summed E-state index contributed by atoms with van der Waals surface area (Å²) in [6.45, 7) is -0.732. The molecule has 0 spiro atoms. The standard InChI is InChI=1S/C11H16O7/c1-17-9(14)6-3-18-10(15)8-5(6)2-7(13)11(8,16)4-12/h3,5,7-8,10,12-13,15-16H,2,4H2,1H3/t5-,7+,8-,10-,11+/m1/s1. The molecule has 18 heavy (non-hydrogen) atoms. The summed E-state index contributed by atoms with van der Waals surface area (Å²) in [5, 5.41) is 39.0.